The van der Waals surface area contributed by atoms with Gasteiger partial charge in [0.1, 0.15) is 12.4 Å². The predicted octanol–water partition coefficient (Wildman–Crippen LogP) is 4.31. The number of amides is 1. The second kappa shape index (κ2) is 9.59. The van der Waals surface area contributed by atoms with Crippen molar-refractivity contribution in [2.75, 3.05) is 37.0 Å². The molecule has 0 bridgehead atoms. The number of hydrogen-bond acceptors (Lipinski definition) is 4. The van der Waals surface area contributed by atoms with Crippen LogP contribution in [0.3, 0.4) is 0 Å². The Labute approximate surface area is 159 Å². The minimum Gasteiger partial charge on any atom is -0.491 e. The molecule has 0 saturated carbocycles. The van der Waals surface area contributed by atoms with E-state index in [-0.39, 0.29) is 12.5 Å². The van der Waals surface area contributed by atoms with Crippen molar-refractivity contribution in [3.05, 3.63) is 66.7 Å². The van der Waals surface area contributed by atoms with Gasteiger partial charge in [-0.25, -0.2) is 0 Å². The van der Waals surface area contributed by atoms with Crippen LogP contribution in [0.2, 0.25) is 0 Å². The number of benzene rings is 3. The molecule has 0 aromatic heterocycles. The molecule has 5 nitrogen and oxygen atoms in total. The molecule has 0 aliphatic heterocycles. The zero-order chi connectivity index (χ0) is 18.9. The lowest BCUT2D eigenvalue weighted by Crippen LogP contribution is -2.21. The molecular weight excluding hydrogens is 340 g/mol. The van der Waals surface area contributed by atoms with E-state index in [1.54, 1.807) is 0 Å². The summed E-state index contributed by atoms with van der Waals surface area (Å²) >= 11 is 0. The second-order valence-corrected chi connectivity index (χ2v) is 6.00. The Balaban J connectivity index is 1.50. The molecule has 0 unspecified atom stereocenters. The van der Waals surface area contributed by atoms with E-state index in [0.717, 1.165) is 27.9 Å². The highest BCUT2D eigenvalue weighted by atomic mass is 16.5. The van der Waals surface area contributed by atoms with Crippen LogP contribution >= 0.6 is 0 Å². The molecule has 3 rings (SSSR count). The smallest absolute Gasteiger partial charge is 0.243 e. The number of fused-ring (bicyclic) bond motifs is 1. The van der Waals surface area contributed by atoms with Crippen molar-refractivity contribution in [2.45, 2.75) is 6.92 Å². The Bertz CT molecular complexity index is 873. The highest BCUT2D eigenvalue weighted by Gasteiger charge is 2.05. The second-order valence-electron chi connectivity index (χ2n) is 6.00. The third kappa shape index (κ3) is 5.46. The molecule has 0 spiro atoms. The number of carbonyl (C=O) groups excluding carboxylic acids is 1. The van der Waals surface area contributed by atoms with Gasteiger partial charge in [0.25, 0.3) is 0 Å². The van der Waals surface area contributed by atoms with Gasteiger partial charge < -0.3 is 20.1 Å². The summed E-state index contributed by atoms with van der Waals surface area (Å²) in [4.78, 5) is 12.3. The molecule has 0 saturated heterocycles. The van der Waals surface area contributed by atoms with Gasteiger partial charge in [0.2, 0.25) is 5.91 Å². The van der Waals surface area contributed by atoms with E-state index in [4.69, 9.17) is 9.47 Å². The van der Waals surface area contributed by atoms with E-state index in [0.29, 0.717) is 19.8 Å². The van der Waals surface area contributed by atoms with Crippen molar-refractivity contribution in [3.63, 3.8) is 0 Å². The molecule has 0 aliphatic carbocycles. The molecular formula is C22H24N2O3. The van der Waals surface area contributed by atoms with Gasteiger partial charge in [-0.2, -0.15) is 0 Å². The summed E-state index contributed by atoms with van der Waals surface area (Å²) in [7, 11) is 0. The van der Waals surface area contributed by atoms with Crippen LogP contribution in [-0.2, 0) is 9.53 Å². The van der Waals surface area contributed by atoms with E-state index < -0.39 is 0 Å². The van der Waals surface area contributed by atoms with Crippen LogP contribution in [0.5, 0.6) is 5.75 Å². The largest absolute Gasteiger partial charge is 0.491 e. The first kappa shape index (κ1) is 18.7. The van der Waals surface area contributed by atoms with Gasteiger partial charge in [0.15, 0.2) is 0 Å². The first-order valence-corrected chi connectivity index (χ1v) is 9.08. The van der Waals surface area contributed by atoms with Crippen molar-refractivity contribution in [1.82, 2.24) is 0 Å². The van der Waals surface area contributed by atoms with Gasteiger partial charge in [-0.05, 0) is 42.6 Å². The van der Waals surface area contributed by atoms with Crippen LogP contribution in [0.1, 0.15) is 6.92 Å². The van der Waals surface area contributed by atoms with Gasteiger partial charge in [0.05, 0.1) is 13.2 Å². The van der Waals surface area contributed by atoms with Gasteiger partial charge in [-0.15, -0.1) is 0 Å². The standard InChI is InChI=1S/C22H24N2O3/c1-2-26-14-15-27-19-12-10-18(11-13-19)23-16-22(25)24-21-9-5-7-17-6-3-4-8-20(17)21/h3-13,23H,2,14-16H2,1H3,(H,24,25). The van der Waals surface area contributed by atoms with Crippen LogP contribution in [0.4, 0.5) is 11.4 Å². The summed E-state index contributed by atoms with van der Waals surface area (Å²) in [5.41, 5.74) is 1.68. The number of nitrogens with one attached hydrogen (secondary N) is 2. The molecule has 27 heavy (non-hydrogen) atoms. The normalized spacial score (nSPS) is 10.6. The van der Waals surface area contributed by atoms with E-state index >= 15 is 0 Å². The summed E-state index contributed by atoms with van der Waals surface area (Å²) in [6.07, 6.45) is 0. The van der Waals surface area contributed by atoms with Crippen molar-refractivity contribution < 1.29 is 14.3 Å². The zero-order valence-electron chi connectivity index (χ0n) is 15.4. The van der Waals surface area contributed by atoms with Crippen molar-refractivity contribution in [1.29, 1.82) is 0 Å². The maximum absolute atomic E-state index is 12.3. The average Bonchev–Trinajstić information content (AvgIpc) is 2.71. The predicted molar refractivity (Wildman–Crippen MR) is 109 cm³/mol. The molecule has 3 aromatic rings. The summed E-state index contributed by atoms with van der Waals surface area (Å²) in [5.74, 6) is 0.684. The van der Waals surface area contributed by atoms with Gasteiger partial charge in [0, 0.05) is 23.4 Å². The monoisotopic (exact) mass is 364 g/mol. The summed E-state index contributed by atoms with van der Waals surface area (Å²) in [5, 5.41) is 8.22. The van der Waals surface area contributed by atoms with Crippen molar-refractivity contribution >= 4 is 28.1 Å². The van der Waals surface area contributed by atoms with Crippen LogP contribution in [0, 0.1) is 0 Å². The number of hydrogen-bond donors (Lipinski definition) is 2. The quantitative estimate of drug-likeness (QED) is 0.556. The highest BCUT2D eigenvalue weighted by molar-refractivity contribution is 6.03. The fourth-order valence-corrected chi connectivity index (χ4v) is 2.74. The fraction of sp³-hybridized carbons (Fsp3) is 0.227. The number of ether oxygens (including phenoxy) is 2. The van der Waals surface area contributed by atoms with E-state index in [1.165, 1.54) is 0 Å². The SMILES string of the molecule is CCOCCOc1ccc(NCC(=O)Nc2cccc3ccccc23)cc1. The average molecular weight is 364 g/mol. The molecule has 0 aliphatic rings. The van der Waals surface area contributed by atoms with E-state index in [9.17, 15) is 4.79 Å². The van der Waals surface area contributed by atoms with Gasteiger partial charge in [-0.3, -0.25) is 4.79 Å². The Hall–Kier alpha value is -3.05. The maximum Gasteiger partial charge on any atom is 0.243 e. The molecule has 1 amide bonds. The summed E-state index contributed by atoms with van der Waals surface area (Å²) in [6.45, 7) is 3.93. The van der Waals surface area contributed by atoms with Crippen molar-refractivity contribution in [3.8, 4) is 5.75 Å². The maximum atomic E-state index is 12.3. The van der Waals surface area contributed by atoms with Gasteiger partial charge >= 0.3 is 0 Å². The Morgan fingerprint density at radius 2 is 1.70 bits per heavy atom. The van der Waals surface area contributed by atoms with Crippen LogP contribution in [0.15, 0.2) is 66.7 Å². The van der Waals surface area contributed by atoms with Gasteiger partial charge in [-0.1, -0.05) is 36.4 Å². The third-order valence-corrected chi connectivity index (χ3v) is 4.07. The van der Waals surface area contributed by atoms with Crippen LogP contribution in [-0.4, -0.2) is 32.3 Å². The van der Waals surface area contributed by atoms with Crippen LogP contribution in [0.25, 0.3) is 10.8 Å². The van der Waals surface area contributed by atoms with E-state index in [2.05, 4.69) is 10.6 Å². The zero-order valence-corrected chi connectivity index (χ0v) is 15.4. The first-order chi connectivity index (χ1) is 13.3. The molecule has 0 heterocycles. The highest BCUT2D eigenvalue weighted by Crippen LogP contribution is 2.23. The number of anilines is 2. The van der Waals surface area contributed by atoms with E-state index in [1.807, 2.05) is 73.7 Å². The Morgan fingerprint density at radius 3 is 2.52 bits per heavy atom. The lowest BCUT2D eigenvalue weighted by molar-refractivity contribution is -0.114. The number of carbonyl (C=O) groups is 1. The minimum absolute atomic E-state index is 0.0941. The molecule has 3 aromatic carbocycles. The van der Waals surface area contributed by atoms with Crippen LogP contribution < -0.4 is 15.4 Å². The Morgan fingerprint density at radius 1 is 0.926 bits per heavy atom. The molecule has 0 radical (unpaired) electrons. The molecule has 5 heteroatoms. The Kier molecular flexibility index (Phi) is 6.66. The minimum atomic E-state index is -0.0941. The fourth-order valence-electron chi connectivity index (χ4n) is 2.74. The molecule has 140 valence electrons. The topological polar surface area (TPSA) is 59.6 Å². The third-order valence-electron chi connectivity index (χ3n) is 4.07. The lowest BCUT2D eigenvalue weighted by Gasteiger charge is -2.11. The molecule has 2 N–H and O–H groups in total. The summed E-state index contributed by atoms with van der Waals surface area (Å²) < 4.78 is 10.8. The number of rotatable bonds is 9. The van der Waals surface area contributed by atoms with Crippen molar-refractivity contribution in [2.24, 2.45) is 0 Å². The lowest BCUT2D eigenvalue weighted by atomic mass is 10.1. The first-order valence-electron chi connectivity index (χ1n) is 9.08. The molecule has 0 atom stereocenters. The molecule has 0 fully saturated rings. The summed E-state index contributed by atoms with van der Waals surface area (Å²) in [6, 6.07) is 21.4.